The fraction of sp³-hybridized carbons (Fsp3) is 0.545. The number of amides is 1. The second-order valence-electron chi connectivity index (χ2n) is 10.0. The monoisotopic (exact) mass is 401 g/mol. The topological polar surface area (TPSA) is 64.9 Å². The number of nitrogens with one attached hydrogen (secondary N) is 1. The Balaban J connectivity index is 2.00. The number of amidine groups is 1. The lowest BCUT2D eigenvalue weighted by molar-refractivity contribution is -0.128. The van der Waals surface area contributed by atoms with Gasteiger partial charge in [0, 0.05) is 20.6 Å². The molecule has 5 nitrogen and oxygen atoms in total. The smallest absolute Gasteiger partial charge is 0.261 e. The van der Waals surface area contributed by atoms with Crippen molar-refractivity contribution >= 4 is 31.5 Å². The number of rotatable bonds is 3. The van der Waals surface area contributed by atoms with E-state index >= 15 is 0 Å². The predicted molar refractivity (Wildman–Crippen MR) is 118 cm³/mol. The highest BCUT2D eigenvalue weighted by Gasteiger charge is 2.47. The molecule has 28 heavy (non-hydrogen) atoms. The fourth-order valence-electron chi connectivity index (χ4n) is 3.74. The number of fused-ring (bicyclic) bond motifs is 1. The van der Waals surface area contributed by atoms with Crippen LogP contribution in [0.25, 0.3) is 0 Å². The Labute approximate surface area is 170 Å². The Morgan fingerprint density at radius 1 is 1.21 bits per heavy atom. The molecule has 2 heterocycles. The van der Waals surface area contributed by atoms with Crippen LogP contribution < -0.4 is 10.4 Å². The van der Waals surface area contributed by atoms with Crippen molar-refractivity contribution < 1.29 is 9.90 Å². The van der Waals surface area contributed by atoms with Gasteiger partial charge in [-0.3, -0.25) is 4.79 Å². The van der Waals surface area contributed by atoms with Crippen LogP contribution in [0, 0.1) is 17.8 Å². The first-order chi connectivity index (χ1) is 12.9. The van der Waals surface area contributed by atoms with E-state index in [0.29, 0.717) is 26.7 Å². The average molecular weight is 401 g/mol. The molecule has 2 unspecified atom stereocenters. The van der Waals surface area contributed by atoms with Gasteiger partial charge in [-0.1, -0.05) is 53.7 Å². The number of aliphatic hydroxyl groups is 1. The first-order valence-corrected chi connectivity index (χ1v) is 10.8. The summed E-state index contributed by atoms with van der Waals surface area (Å²) in [7, 11) is 0.324. The van der Waals surface area contributed by atoms with Crippen molar-refractivity contribution in [1.82, 2.24) is 9.99 Å². The number of aliphatic imine (C=N–C) groups is 1. The molecule has 1 aromatic rings. The molecule has 0 saturated heterocycles. The van der Waals surface area contributed by atoms with Gasteiger partial charge in [0.1, 0.15) is 17.2 Å². The summed E-state index contributed by atoms with van der Waals surface area (Å²) in [4.78, 5) is 19.9. The number of nitrogens with zero attached hydrogens (tertiary/aromatic N) is 2. The summed E-state index contributed by atoms with van der Waals surface area (Å²) in [6.07, 6.45) is 0.871. The first-order valence-electron chi connectivity index (χ1n) is 9.85. The molecule has 0 aliphatic carbocycles. The Kier molecular flexibility index (Phi) is 5.35. The van der Waals surface area contributed by atoms with E-state index in [2.05, 4.69) is 59.6 Å². The quantitative estimate of drug-likeness (QED) is 0.740. The van der Waals surface area contributed by atoms with Crippen LogP contribution >= 0.6 is 8.73 Å². The van der Waals surface area contributed by atoms with E-state index in [1.54, 1.807) is 0 Å². The Bertz CT molecular complexity index is 860. The largest absolute Gasteiger partial charge is 0.509 e. The minimum Gasteiger partial charge on any atom is -0.509 e. The Morgan fingerprint density at radius 3 is 2.50 bits per heavy atom. The van der Waals surface area contributed by atoms with Gasteiger partial charge in [-0.25, -0.2) is 4.99 Å². The van der Waals surface area contributed by atoms with Gasteiger partial charge in [-0.2, -0.15) is 0 Å². The number of aliphatic hydroxyl groups excluding tert-OH is 1. The zero-order valence-corrected chi connectivity index (χ0v) is 19.0. The molecule has 152 valence electrons. The number of carbonyl (C=O) groups excluding carboxylic acids is 1. The molecule has 0 spiro atoms. The Hall–Kier alpha value is -1.87. The van der Waals surface area contributed by atoms with Gasteiger partial charge in [0.25, 0.3) is 5.91 Å². The number of aryl methyl sites for hydroxylation is 1. The molecule has 1 amide bonds. The second kappa shape index (κ2) is 7.18. The molecule has 2 atom stereocenters. The summed E-state index contributed by atoms with van der Waals surface area (Å²) in [5.41, 5.74) is 2.22. The lowest BCUT2D eigenvalue weighted by Gasteiger charge is -2.36. The van der Waals surface area contributed by atoms with E-state index in [1.807, 2.05) is 17.0 Å². The summed E-state index contributed by atoms with van der Waals surface area (Å²) in [6.45, 7) is 15.4. The van der Waals surface area contributed by atoms with Crippen LogP contribution in [0.1, 0.15) is 53.5 Å². The van der Waals surface area contributed by atoms with Crippen molar-refractivity contribution in [2.45, 2.75) is 60.9 Å². The molecule has 2 N–H and O–H groups in total. The number of carbonyl (C=O) groups is 1. The van der Waals surface area contributed by atoms with Crippen molar-refractivity contribution in [1.29, 1.82) is 0 Å². The first kappa shape index (κ1) is 20.9. The van der Waals surface area contributed by atoms with Crippen LogP contribution in [0.15, 0.2) is 34.5 Å². The fourth-order valence-corrected chi connectivity index (χ4v) is 4.71. The lowest BCUT2D eigenvalue weighted by Crippen LogP contribution is -2.45. The standard InChI is InChI=1S/C22H32N3O2P/c1-13-9-8-10-14-17(13)28-24-19(23-14)15-16(26)18(22(5,6)7)25(20(15)27)12-11-21(2,3)4/h8-10,18,26,28H,11-12H2,1-7H3,(H,23,24). The van der Waals surface area contributed by atoms with E-state index in [4.69, 9.17) is 4.99 Å². The minimum absolute atomic E-state index is 0.111. The minimum atomic E-state index is -0.343. The molecule has 0 fully saturated rings. The third-order valence-electron chi connectivity index (χ3n) is 5.25. The molecule has 0 saturated carbocycles. The molecule has 6 heteroatoms. The molecule has 3 rings (SSSR count). The van der Waals surface area contributed by atoms with Crippen molar-refractivity contribution in [2.75, 3.05) is 6.54 Å². The highest BCUT2D eigenvalue weighted by atomic mass is 31.1. The van der Waals surface area contributed by atoms with Crippen LogP contribution in [0.3, 0.4) is 0 Å². The van der Waals surface area contributed by atoms with Crippen LogP contribution in [0.4, 0.5) is 5.69 Å². The molecule has 2 aliphatic rings. The summed E-state index contributed by atoms with van der Waals surface area (Å²) in [5, 5.41) is 15.6. The van der Waals surface area contributed by atoms with E-state index < -0.39 is 0 Å². The summed E-state index contributed by atoms with van der Waals surface area (Å²) in [6, 6.07) is 5.66. The SMILES string of the molecule is Cc1cccc2c1PNC(C1=C(O)C(C(C)(C)C)N(CCC(C)(C)C)C1=O)=N2. The maximum atomic E-state index is 13.4. The number of hydrogen-bond donors (Lipinski definition) is 2. The van der Waals surface area contributed by atoms with E-state index in [0.717, 1.165) is 17.4 Å². The number of benzene rings is 1. The van der Waals surface area contributed by atoms with Gasteiger partial charge in [-0.05, 0) is 35.8 Å². The van der Waals surface area contributed by atoms with Gasteiger partial charge in [0.15, 0.2) is 0 Å². The van der Waals surface area contributed by atoms with Crippen molar-refractivity contribution in [2.24, 2.45) is 15.8 Å². The molecular weight excluding hydrogens is 369 g/mol. The third-order valence-corrected chi connectivity index (χ3v) is 6.51. The van der Waals surface area contributed by atoms with Crippen LogP contribution in [-0.2, 0) is 4.79 Å². The summed E-state index contributed by atoms with van der Waals surface area (Å²) < 4.78 is 0. The predicted octanol–water partition coefficient (Wildman–Crippen LogP) is 4.35. The summed E-state index contributed by atoms with van der Waals surface area (Å²) >= 11 is 0. The van der Waals surface area contributed by atoms with Gasteiger partial charge >= 0.3 is 0 Å². The average Bonchev–Trinajstić information content (AvgIpc) is 2.82. The van der Waals surface area contributed by atoms with E-state index in [-0.39, 0.29) is 28.5 Å². The summed E-state index contributed by atoms with van der Waals surface area (Å²) in [5.74, 6) is 0.499. The molecule has 0 radical (unpaired) electrons. The van der Waals surface area contributed by atoms with Crippen molar-refractivity contribution in [3.63, 3.8) is 0 Å². The van der Waals surface area contributed by atoms with E-state index in [1.165, 1.54) is 5.56 Å². The van der Waals surface area contributed by atoms with E-state index in [9.17, 15) is 9.90 Å². The molecular formula is C22H32N3O2P. The van der Waals surface area contributed by atoms with Crippen LogP contribution in [0.2, 0.25) is 0 Å². The van der Waals surface area contributed by atoms with Gasteiger partial charge < -0.3 is 15.1 Å². The second-order valence-corrected chi connectivity index (χ2v) is 11.0. The maximum Gasteiger partial charge on any atom is 0.261 e. The molecule has 1 aromatic carbocycles. The molecule has 0 aromatic heterocycles. The highest BCUT2D eigenvalue weighted by Crippen LogP contribution is 2.39. The zero-order valence-electron chi connectivity index (χ0n) is 18.0. The normalized spacial score (nSPS) is 21.1. The lowest BCUT2D eigenvalue weighted by atomic mass is 9.84. The molecule has 0 bridgehead atoms. The molecule has 2 aliphatic heterocycles. The van der Waals surface area contributed by atoms with Gasteiger partial charge in [0.05, 0.1) is 11.7 Å². The van der Waals surface area contributed by atoms with Crippen LogP contribution in [-0.4, -0.2) is 34.3 Å². The van der Waals surface area contributed by atoms with Crippen molar-refractivity contribution in [3.8, 4) is 0 Å². The van der Waals surface area contributed by atoms with Gasteiger partial charge in [-0.15, -0.1) is 0 Å². The van der Waals surface area contributed by atoms with Gasteiger partial charge in [0.2, 0.25) is 0 Å². The van der Waals surface area contributed by atoms with Crippen LogP contribution in [0.5, 0.6) is 0 Å². The zero-order chi connectivity index (χ0) is 20.9. The Morgan fingerprint density at radius 2 is 1.89 bits per heavy atom. The van der Waals surface area contributed by atoms with Crippen molar-refractivity contribution in [3.05, 3.63) is 35.1 Å². The number of hydrogen-bond acceptors (Lipinski definition) is 4. The highest BCUT2D eigenvalue weighted by molar-refractivity contribution is 7.46. The maximum absolute atomic E-state index is 13.4. The third kappa shape index (κ3) is 3.96.